The van der Waals surface area contributed by atoms with Crippen LogP contribution in [0.25, 0.3) is 0 Å². The highest BCUT2D eigenvalue weighted by Crippen LogP contribution is 2.14. The summed E-state index contributed by atoms with van der Waals surface area (Å²) in [4.78, 5) is 12.1. The number of rotatable bonds is 6. The molecule has 7 heteroatoms. The van der Waals surface area contributed by atoms with Crippen LogP contribution in [-0.2, 0) is 0 Å². The van der Waals surface area contributed by atoms with Gasteiger partial charge in [-0.1, -0.05) is 30.3 Å². The molecule has 6 nitrogen and oxygen atoms in total. The van der Waals surface area contributed by atoms with Crippen LogP contribution in [0, 0.1) is 0 Å². The molecule has 0 aliphatic carbocycles. The van der Waals surface area contributed by atoms with Crippen molar-refractivity contribution in [3.05, 3.63) is 41.2 Å². The van der Waals surface area contributed by atoms with Gasteiger partial charge in [0.2, 0.25) is 17.2 Å². The summed E-state index contributed by atoms with van der Waals surface area (Å²) < 4.78 is 0. The Kier molecular flexibility index (Phi) is 5.09. The quantitative estimate of drug-likeness (QED) is 0.756. The van der Waals surface area contributed by atoms with Gasteiger partial charge in [-0.3, -0.25) is 0 Å². The van der Waals surface area contributed by atoms with Crippen molar-refractivity contribution in [3.8, 4) is 0 Å². The largest absolute Gasteiger partial charge is 0.387 e. The number of halogens is 1. The van der Waals surface area contributed by atoms with Gasteiger partial charge in [-0.15, -0.1) is 0 Å². The van der Waals surface area contributed by atoms with Gasteiger partial charge in [0.25, 0.3) is 0 Å². The van der Waals surface area contributed by atoms with Gasteiger partial charge in [-0.05, 0) is 24.1 Å². The molecule has 0 radical (unpaired) electrons. The standard InChI is InChI=1S/C13H16ClN5O/c1-2-15-12-17-11(14)18-13(19-12)16-8-10(20)9-6-4-3-5-7-9/h3-7,10,20H,2,8H2,1H3,(H2,15,16,17,18,19). The minimum absolute atomic E-state index is 0.104. The zero-order valence-electron chi connectivity index (χ0n) is 11.0. The number of nitrogens with zero attached hydrogens (tertiary/aromatic N) is 3. The van der Waals surface area contributed by atoms with E-state index in [0.29, 0.717) is 18.4 Å². The molecule has 1 heterocycles. The van der Waals surface area contributed by atoms with Crippen molar-refractivity contribution in [1.29, 1.82) is 0 Å². The fourth-order valence-electron chi connectivity index (χ4n) is 1.65. The average molecular weight is 294 g/mol. The van der Waals surface area contributed by atoms with Crippen molar-refractivity contribution in [3.63, 3.8) is 0 Å². The van der Waals surface area contributed by atoms with Gasteiger partial charge in [-0.25, -0.2) is 0 Å². The van der Waals surface area contributed by atoms with Gasteiger partial charge in [0.15, 0.2) is 0 Å². The van der Waals surface area contributed by atoms with E-state index in [9.17, 15) is 5.11 Å². The SMILES string of the molecule is CCNc1nc(Cl)nc(NCC(O)c2ccccc2)n1. The Morgan fingerprint density at radius 1 is 1.10 bits per heavy atom. The maximum atomic E-state index is 10.0. The van der Waals surface area contributed by atoms with E-state index in [0.717, 1.165) is 5.56 Å². The Morgan fingerprint density at radius 2 is 1.75 bits per heavy atom. The second kappa shape index (κ2) is 7.02. The lowest BCUT2D eigenvalue weighted by Crippen LogP contribution is -2.15. The molecule has 1 aromatic carbocycles. The fourth-order valence-corrected chi connectivity index (χ4v) is 1.81. The monoisotopic (exact) mass is 293 g/mol. The summed E-state index contributed by atoms with van der Waals surface area (Å²) >= 11 is 5.81. The highest BCUT2D eigenvalue weighted by atomic mass is 35.5. The number of hydrogen-bond donors (Lipinski definition) is 3. The van der Waals surface area contributed by atoms with Crippen LogP contribution in [0.5, 0.6) is 0 Å². The van der Waals surface area contributed by atoms with Crippen LogP contribution in [0.1, 0.15) is 18.6 Å². The first kappa shape index (κ1) is 14.5. The van der Waals surface area contributed by atoms with Crippen LogP contribution in [0.4, 0.5) is 11.9 Å². The normalized spacial score (nSPS) is 11.9. The van der Waals surface area contributed by atoms with Crippen molar-refractivity contribution < 1.29 is 5.11 Å². The molecule has 20 heavy (non-hydrogen) atoms. The smallest absolute Gasteiger partial charge is 0.228 e. The lowest BCUT2D eigenvalue weighted by atomic mass is 10.1. The second-order valence-corrected chi connectivity index (χ2v) is 4.43. The van der Waals surface area contributed by atoms with Crippen molar-refractivity contribution in [2.24, 2.45) is 0 Å². The Hall–Kier alpha value is -1.92. The summed E-state index contributed by atoms with van der Waals surface area (Å²) in [6.07, 6.45) is -0.644. The number of aliphatic hydroxyl groups is 1. The summed E-state index contributed by atoms with van der Waals surface area (Å²) in [5, 5.41) is 16.1. The molecule has 106 valence electrons. The predicted molar refractivity (Wildman–Crippen MR) is 78.9 cm³/mol. The molecule has 0 aliphatic rings. The van der Waals surface area contributed by atoms with Crippen LogP contribution >= 0.6 is 11.6 Å². The molecule has 3 N–H and O–H groups in total. The average Bonchev–Trinajstić information content (AvgIpc) is 2.45. The van der Waals surface area contributed by atoms with Crippen LogP contribution in [-0.4, -0.2) is 33.1 Å². The lowest BCUT2D eigenvalue weighted by Gasteiger charge is -2.12. The third-order valence-corrected chi connectivity index (χ3v) is 2.75. The fraction of sp³-hybridized carbons (Fsp3) is 0.308. The molecule has 0 fully saturated rings. The lowest BCUT2D eigenvalue weighted by molar-refractivity contribution is 0.191. The number of benzene rings is 1. The van der Waals surface area contributed by atoms with Gasteiger partial charge in [0, 0.05) is 13.1 Å². The Bertz CT molecular complexity index is 552. The van der Waals surface area contributed by atoms with Crippen LogP contribution in [0.3, 0.4) is 0 Å². The molecule has 0 bridgehead atoms. The zero-order valence-corrected chi connectivity index (χ0v) is 11.8. The first-order valence-corrected chi connectivity index (χ1v) is 6.69. The van der Waals surface area contributed by atoms with E-state index >= 15 is 0 Å². The molecule has 1 atom stereocenters. The number of aromatic nitrogens is 3. The van der Waals surface area contributed by atoms with E-state index < -0.39 is 6.10 Å². The van der Waals surface area contributed by atoms with Crippen LogP contribution in [0.15, 0.2) is 30.3 Å². The zero-order chi connectivity index (χ0) is 14.4. The van der Waals surface area contributed by atoms with E-state index in [4.69, 9.17) is 11.6 Å². The number of hydrogen-bond acceptors (Lipinski definition) is 6. The first-order valence-electron chi connectivity index (χ1n) is 6.31. The topological polar surface area (TPSA) is 83.0 Å². The van der Waals surface area contributed by atoms with Crippen molar-refractivity contribution >= 4 is 23.5 Å². The Labute approximate surface area is 122 Å². The molecule has 0 saturated heterocycles. The third kappa shape index (κ3) is 4.04. The maximum Gasteiger partial charge on any atom is 0.228 e. The third-order valence-electron chi connectivity index (χ3n) is 2.58. The number of anilines is 2. The van der Waals surface area contributed by atoms with Gasteiger partial charge >= 0.3 is 0 Å². The molecule has 0 saturated carbocycles. The van der Waals surface area contributed by atoms with Crippen LogP contribution < -0.4 is 10.6 Å². The number of nitrogens with one attached hydrogen (secondary N) is 2. The van der Waals surface area contributed by atoms with Gasteiger partial charge in [-0.2, -0.15) is 15.0 Å². The second-order valence-electron chi connectivity index (χ2n) is 4.09. The highest BCUT2D eigenvalue weighted by Gasteiger charge is 2.09. The van der Waals surface area contributed by atoms with E-state index in [1.165, 1.54) is 0 Å². The Morgan fingerprint density at radius 3 is 2.40 bits per heavy atom. The van der Waals surface area contributed by atoms with Gasteiger partial charge in [0.1, 0.15) is 0 Å². The van der Waals surface area contributed by atoms with E-state index in [1.54, 1.807) is 0 Å². The maximum absolute atomic E-state index is 10.0. The van der Waals surface area contributed by atoms with Crippen molar-refractivity contribution in [2.45, 2.75) is 13.0 Å². The minimum atomic E-state index is -0.644. The molecule has 2 rings (SSSR count). The van der Waals surface area contributed by atoms with E-state index in [-0.39, 0.29) is 11.8 Å². The van der Waals surface area contributed by atoms with E-state index in [1.807, 2.05) is 37.3 Å². The first-order chi connectivity index (χ1) is 9.69. The van der Waals surface area contributed by atoms with Crippen molar-refractivity contribution in [2.75, 3.05) is 23.7 Å². The summed E-state index contributed by atoms with van der Waals surface area (Å²) in [7, 11) is 0. The summed E-state index contributed by atoms with van der Waals surface area (Å²) in [6.45, 7) is 2.91. The minimum Gasteiger partial charge on any atom is -0.387 e. The molecule has 0 amide bonds. The highest BCUT2D eigenvalue weighted by molar-refractivity contribution is 6.28. The predicted octanol–water partition coefficient (Wildman–Crippen LogP) is 2.10. The molecule has 0 aliphatic heterocycles. The number of aliphatic hydroxyl groups excluding tert-OH is 1. The molecule has 2 aromatic rings. The van der Waals surface area contributed by atoms with Gasteiger partial charge in [0.05, 0.1) is 6.10 Å². The van der Waals surface area contributed by atoms with Gasteiger partial charge < -0.3 is 15.7 Å². The van der Waals surface area contributed by atoms with Crippen LogP contribution in [0.2, 0.25) is 5.28 Å². The molecule has 0 spiro atoms. The summed E-state index contributed by atoms with van der Waals surface area (Å²) in [5.74, 6) is 0.736. The summed E-state index contributed by atoms with van der Waals surface area (Å²) in [5.41, 5.74) is 0.826. The molecule has 1 unspecified atom stereocenters. The van der Waals surface area contributed by atoms with Crippen molar-refractivity contribution in [1.82, 2.24) is 15.0 Å². The molecule has 1 aromatic heterocycles. The van der Waals surface area contributed by atoms with E-state index in [2.05, 4.69) is 25.6 Å². The Balaban J connectivity index is 2.00. The summed E-state index contributed by atoms with van der Waals surface area (Å²) in [6, 6.07) is 9.37. The molecular weight excluding hydrogens is 278 g/mol. The molecular formula is C13H16ClN5O.